The van der Waals surface area contributed by atoms with Crippen LogP contribution >= 0.6 is 0 Å². The van der Waals surface area contributed by atoms with E-state index in [0.717, 1.165) is 0 Å². The van der Waals surface area contributed by atoms with Gasteiger partial charge in [0.05, 0.1) is 0 Å². The van der Waals surface area contributed by atoms with E-state index in [1.54, 1.807) is 11.9 Å². The molecule has 0 atom stereocenters. The SMILES string of the molecule is Cn1nnnc1N1CC(CNC(=O)C2(C(F)(F)F)CC2)(C(N)=O)C1. The third-order valence-corrected chi connectivity index (χ3v) is 4.70. The molecule has 1 saturated heterocycles. The van der Waals surface area contributed by atoms with Gasteiger partial charge in [0.1, 0.15) is 10.8 Å². The Bertz CT molecular complexity index is 676. The fourth-order valence-corrected chi connectivity index (χ4v) is 2.86. The minimum Gasteiger partial charge on any atom is -0.369 e. The largest absolute Gasteiger partial charge is 0.403 e. The number of nitrogens with zero attached hydrogens (tertiary/aromatic N) is 5. The first-order valence-corrected chi connectivity index (χ1v) is 7.24. The monoisotopic (exact) mass is 347 g/mol. The predicted molar refractivity (Wildman–Crippen MR) is 73.4 cm³/mol. The molecule has 0 unspecified atom stereocenters. The maximum Gasteiger partial charge on any atom is 0.403 e. The van der Waals surface area contributed by atoms with E-state index in [0.29, 0.717) is 5.95 Å². The summed E-state index contributed by atoms with van der Waals surface area (Å²) in [5.41, 5.74) is 1.93. The number of tetrazole rings is 1. The minimum atomic E-state index is -4.59. The first-order valence-electron chi connectivity index (χ1n) is 7.24. The molecule has 1 aromatic rings. The van der Waals surface area contributed by atoms with Gasteiger partial charge in [0, 0.05) is 26.7 Å². The smallest absolute Gasteiger partial charge is 0.369 e. The van der Waals surface area contributed by atoms with Crippen LogP contribution in [-0.2, 0) is 16.6 Å². The van der Waals surface area contributed by atoms with E-state index >= 15 is 0 Å². The molecule has 0 radical (unpaired) electrons. The zero-order valence-electron chi connectivity index (χ0n) is 12.8. The maximum absolute atomic E-state index is 12.9. The second-order valence-corrected chi connectivity index (χ2v) is 6.37. The van der Waals surface area contributed by atoms with Crippen LogP contribution in [-0.4, -0.2) is 57.8 Å². The molecule has 2 heterocycles. The van der Waals surface area contributed by atoms with Crippen molar-refractivity contribution >= 4 is 17.8 Å². The lowest BCUT2D eigenvalue weighted by Gasteiger charge is -2.47. The number of hydrogen-bond donors (Lipinski definition) is 2. The molecule has 1 aromatic heterocycles. The summed E-state index contributed by atoms with van der Waals surface area (Å²) in [5, 5.41) is 13.2. The van der Waals surface area contributed by atoms with Crippen LogP contribution in [0, 0.1) is 10.8 Å². The van der Waals surface area contributed by atoms with Gasteiger partial charge in [-0.25, -0.2) is 4.68 Å². The zero-order chi connectivity index (χ0) is 17.8. The molecule has 3 rings (SSSR count). The molecule has 0 spiro atoms. The number of carbonyl (C=O) groups is 2. The second kappa shape index (κ2) is 5.05. The van der Waals surface area contributed by atoms with Crippen LogP contribution < -0.4 is 16.0 Å². The van der Waals surface area contributed by atoms with Gasteiger partial charge in [-0.3, -0.25) is 9.59 Å². The average Bonchev–Trinajstić information content (AvgIpc) is 3.16. The van der Waals surface area contributed by atoms with Gasteiger partial charge in [-0.15, -0.1) is 0 Å². The Kier molecular flexibility index (Phi) is 3.46. The number of rotatable bonds is 5. The molecule has 12 heteroatoms. The number of primary amides is 1. The topological polar surface area (TPSA) is 119 Å². The molecule has 2 amide bonds. The van der Waals surface area contributed by atoms with Crippen molar-refractivity contribution in [1.82, 2.24) is 25.5 Å². The van der Waals surface area contributed by atoms with Gasteiger partial charge in [0.25, 0.3) is 0 Å². The lowest BCUT2D eigenvalue weighted by molar-refractivity contribution is -0.192. The standard InChI is InChI=1S/C12H16F3N7O2/c1-21-9(18-19-20-21)22-5-10(6-22,7(16)23)4-17-8(24)11(2-3-11)12(13,14)15/h2-6H2,1H3,(H2,16,23)(H,17,24). The highest BCUT2D eigenvalue weighted by Crippen LogP contribution is 2.57. The highest BCUT2D eigenvalue weighted by atomic mass is 19.4. The van der Waals surface area contributed by atoms with Crippen molar-refractivity contribution in [2.24, 2.45) is 23.6 Å². The van der Waals surface area contributed by atoms with Gasteiger partial charge in [-0.2, -0.15) is 13.2 Å². The van der Waals surface area contributed by atoms with Crippen molar-refractivity contribution in [2.75, 3.05) is 24.5 Å². The summed E-state index contributed by atoms with van der Waals surface area (Å²) in [6.45, 7) is -0.00747. The molecule has 1 aliphatic carbocycles. The van der Waals surface area contributed by atoms with Crippen molar-refractivity contribution in [1.29, 1.82) is 0 Å². The molecule has 0 bridgehead atoms. The van der Waals surface area contributed by atoms with Gasteiger partial charge < -0.3 is 16.0 Å². The molecule has 2 fully saturated rings. The molecular weight excluding hydrogens is 331 g/mol. The molecule has 24 heavy (non-hydrogen) atoms. The van der Waals surface area contributed by atoms with E-state index in [2.05, 4.69) is 20.8 Å². The molecule has 9 nitrogen and oxygen atoms in total. The van der Waals surface area contributed by atoms with E-state index < -0.39 is 28.8 Å². The van der Waals surface area contributed by atoms with Crippen molar-refractivity contribution in [3.63, 3.8) is 0 Å². The number of alkyl halides is 3. The summed E-state index contributed by atoms with van der Waals surface area (Å²) in [6, 6.07) is 0. The molecule has 1 aliphatic heterocycles. The Morgan fingerprint density at radius 3 is 2.38 bits per heavy atom. The van der Waals surface area contributed by atoms with Crippen LogP contribution in [0.4, 0.5) is 19.1 Å². The molecule has 3 N–H and O–H groups in total. The van der Waals surface area contributed by atoms with Crippen LogP contribution in [0.15, 0.2) is 0 Å². The quantitative estimate of drug-likeness (QED) is 0.702. The molecular formula is C12H16F3N7O2. The average molecular weight is 347 g/mol. The lowest BCUT2D eigenvalue weighted by Crippen LogP contribution is -2.67. The highest BCUT2D eigenvalue weighted by molar-refractivity contribution is 5.88. The summed E-state index contributed by atoms with van der Waals surface area (Å²) < 4.78 is 40.2. The number of aromatic nitrogens is 4. The number of hydrogen-bond acceptors (Lipinski definition) is 6. The van der Waals surface area contributed by atoms with Crippen LogP contribution in [0.5, 0.6) is 0 Å². The summed E-state index contributed by atoms with van der Waals surface area (Å²) in [4.78, 5) is 25.3. The fourth-order valence-electron chi connectivity index (χ4n) is 2.86. The van der Waals surface area contributed by atoms with Crippen LogP contribution in [0.3, 0.4) is 0 Å². The van der Waals surface area contributed by atoms with E-state index in [4.69, 9.17) is 5.73 Å². The summed E-state index contributed by atoms with van der Waals surface area (Å²) >= 11 is 0. The van der Waals surface area contributed by atoms with Crippen LogP contribution in [0.25, 0.3) is 0 Å². The van der Waals surface area contributed by atoms with Crippen molar-refractivity contribution < 1.29 is 22.8 Å². The Morgan fingerprint density at radius 1 is 1.33 bits per heavy atom. The molecule has 1 saturated carbocycles. The molecule has 132 valence electrons. The van der Waals surface area contributed by atoms with E-state index in [9.17, 15) is 22.8 Å². The summed E-state index contributed by atoms with van der Waals surface area (Å²) in [6.07, 6.45) is -5.06. The Labute approximate surface area is 134 Å². The zero-order valence-corrected chi connectivity index (χ0v) is 12.8. The minimum absolute atomic E-state index is 0.121. The van der Waals surface area contributed by atoms with Crippen molar-refractivity contribution in [3.8, 4) is 0 Å². The van der Waals surface area contributed by atoms with Gasteiger partial charge >= 0.3 is 6.18 Å². The normalized spacial score (nSPS) is 21.1. The first-order chi connectivity index (χ1) is 11.1. The lowest BCUT2D eigenvalue weighted by atomic mass is 9.79. The number of carbonyl (C=O) groups excluding carboxylic acids is 2. The molecule has 0 aromatic carbocycles. The number of anilines is 1. The fraction of sp³-hybridized carbons (Fsp3) is 0.750. The summed E-state index contributed by atoms with van der Waals surface area (Å²) in [7, 11) is 1.61. The van der Waals surface area contributed by atoms with Crippen LogP contribution in [0.2, 0.25) is 0 Å². The number of nitrogens with two attached hydrogens (primary N) is 1. The van der Waals surface area contributed by atoms with Gasteiger partial charge in [0.2, 0.25) is 17.8 Å². The maximum atomic E-state index is 12.9. The predicted octanol–water partition coefficient (Wildman–Crippen LogP) is -1.04. The number of aryl methyl sites for hydroxylation is 1. The highest BCUT2D eigenvalue weighted by Gasteiger charge is 2.68. The van der Waals surface area contributed by atoms with Crippen molar-refractivity contribution in [2.45, 2.75) is 19.0 Å². The van der Waals surface area contributed by atoms with Gasteiger partial charge in [0.15, 0.2) is 0 Å². The van der Waals surface area contributed by atoms with Crippen LogP contribution in [0.1, 0.15) is 12.8 Å². The molecule has 2 aliphatic rings. The number of nitrogens with one attached hydrogen (secondary N) is 1. The number of halogens is 3. The van der Waals surface area contributed by atoms with E-state index in [1.165, 1.54) is 4.68 Å². The Balaban J connectivity index is 1.64. The van der Waals surface area contributed by atoms with Gasteiger partial charge in [-0.05, 0) is 23.3 Å². The van der Waals surface area contributed by atoms with E-state index in [1.807, 2.05) is 0 Å². The second-order valence-electron chi connectivity index (χ2n) is 6.37. The van der Waals surface area contributed by atoms with E-state index in [-0.39, 0.29) is 32.5 Å². The first kappa shape index (κ1) is 16.5. The third kappa shape index (κ3) is 2.36. The van der Waals surface area contributed by atoms with Gasteiger partial charge in [-0.1, -0.05) is 5.10 Å². The Morgan fingerprint density at radius 2 is 1.96 bits per heavy atom. The summed E-state index contributed by atoms with van der Waals surface area (Å²) in [5.74, 6) is -1.38. The number of amides is 2. The third-order valence-electron chi connectivity index (χ3n) is 4.70. The Hall–Kier alpha value is -2.40. The van der Waals surface area contributed by atoms with Crippen molar-refractivity contribution in [3.05, 3.63) is 0 Å².